The number of aromatic nitrogens is 2. The molecular formula is C20H21N3S. The summed E-state index contributed by atoms with van der Waals surface area (Å²) in [5, 5.41) is 1.17. The first-order valence-electron chi connectivity index (χ1n) is 8.45. The van der Waals surface area contributed by atoms with Crippen molar-refractivity contribution in [2.24, 2.45) is 0 Å². The molecule has 2 heterocycles. The molecule has 0 radical (unpaired) electrons. The normalized spacial score (nSPS) is 15.0. The number of thioether (sulfide) groups is 1. The summed E-state index contributed by atoms with van der Waals surface area (Å²) in [6, 6.07) is 15.3. The first-order chi connectivity index (χ1) is 11.8. The van der Waals surface area contributed by atoms with E-state index in [0.717, 1.165) is 43.7 Å². The van der Waals surface area contributed by atoms with Crippen LogP contribution in [0.4, 0.5) is 5.82 Å². The molecule has 24 heavy (non-hydrogen) atoms. The van der Waals surface area contributed by atoms with E-state index in [4.69, 9.17) is 0 Å². The highest BCUT2D eigenvalue weighted by Crippen LogP contribution is 2.28. The topological polar surface area (TPSA) is 29.0 Å². The van der Waals surface area contributed by atoms with Crippen LogP contribution < -0.4 is 4.90 Å². The molecule has 0 fully saturated rings. The zero-order valence-corrected chi connectivity index (χ0v) is 14.7. The zero-order valence-electron chi connectivity index (χ0n) is 13.9. The molecule has 0 N–H and O–H groups in total. The molecule has 0 saturated heterocycles. The average molecular weight is 335 g/mol. The second-order valence-electron chi connectivity index (χ2n) is 6.19. The van der Waals surface area contributed by atoms with E-state index in [1.165, 1.54) is 21.4 Å². The smallest absolute Gasteiger partial charge is 0.139 e. The van der Waals surface area contributed by atoms with E-state index in [1.807, 2.05) is 0 Å². The molecule has 0 unspecified atom stereocenters. The van der Waals surface area contributed by atoms with Crippen LogP contribution in [-0.4, -0.2) is 29.3 Å². The lowest BCUT2D eigenvalue weighted by atomic mass is 9.98. The number of benzene rings is 2. The van der Waals surface area contributed by atoms with Crippen molar-refractivity contribution in [3.05, 3.63) is 59.9 Å². The van der Waals surface area contributed by atoms with E-state index < -0.39 is 0 Å². The molecule has 3 aromatic rings. The van der Waals surface area contributed by atoms with Gasteiger partial charge in [0.2, 0.25) is 0 Å². The minimum atomic E-state index is 1.01. The Balaban J connectivity index is 1.70. The van der Waals surface area contributed by atoms with Crippen LogP contribution in [0.15, 0.2) is 53.7 Å². The molecular weight excluding hydrogens is 314 g/mol. The largest absolute Gasteiger partial charge is 0.356 e. The maximum atomic E-state index is 4.64. The molecule has 0 aliphatic carbocycles. The molecule has 0 atom stereocenters. The molecule has 2 aromatic carbocycles. The summed E-state index contributed by atoms with van der Waals surface area (Å²) < 4.78 is 0. The van der Waals surface area contributed by atoms with Crippen molar-refractivity contribution in [3.8, 4) is 0 Å². The summed E-state index contributed by atoms with van der Waals surface area (Å²) in [4.78, 5) is 12.8. The number of aryl methyl sites for hydroxylation is 1. The summed E-state index contributed by atoms with van der Waals surface area (Å²) in [6.07, 6.45) is 7.18. The van der Waals surface area contributed by atoms with Gasteiger partial charge in [-0.05, 0) is 54.8 Å². The lowest BCUT2D eigenvalue weighted by Gasteiger charge is -2.27. The van der Waals surface area contributed by atoms with E-state index in [9.17, 15) is 0 Å². The lowest BCUT2D eigenvalue weighted by Crippen LogP contribution is -2.30. The van der Waals surface area contributed by atoms with Crippen LogP contribution in [0.2, 0.25) is 0 Å². The Morgan fingerprint density at radius 3 is 2.62 bits per heavy atom. The maximum absolute atomic E-state index is 4.64. The van der Waals surface area contributed by atoms with Gasteiger partial charge in [0, 0.05) is 23.4 Å². The number of anilines is 1. The molecule has 4 heteroatoms. The quantitative estimate of drug-likeness (QED) is 0.651. The van der Waals surface area contributed by atoms with Crippen molar-refractivity contribution in [2.45, 2.75) is 24.2 Å². The van der Waals surface area contributed by atoms with Gasteiger partial charge in [0.15, 0.2) is 0 Å². The monoisotopic (exact) mass is 335 g/mol. The Kier molecular flexibility index (Phi) is 4.39. The highest BCUT2D eigenvalue weighted by molar-refractivity contribution is 7.98. The van der Waals surface area contributed by atoms with E-state index >= 15 is 0 Å². The predicted octanol–water partition coefficient (Wildman–Crippen LogP) is 4.35. The van der Waals surface area contributed by atoms with Gasteiger partial charge in [-0.25, -0.2) is 9.97 Å². The Morgan fingerprint density at radius 2 is 1.79 bits per heavy atom. The summed E-state index contributed by atoms with van der Waals surface area (Å²) >= 11 is 1.76. The van der Waals surface area contributed by atoms with Crippen LogP contribution in [0.1, 0.15) is 17.5 Å². The van der Waals surface area contributed by atoms with Gasteiger partial charge < -0.3 is 4.90 Å². The van der Waals surface area contributed by atoms with Gasteiger partial charge in [-0.2, -0.15) is 0 Å². The summed E-state index contributed by atoms with van der Waals surface area (Å²) in [7, 11) is 0. The minimum Gasteiger partial charge on any atom is -0.356 e. The van der Waals surface area contributed by atoms with E-state index in [2.05, 4.69) is 63.6 Å². The molecule has 0 bridgehead atoms. The molecule has 0 spiro atoms. The number of hydrogen-bond acceptors (Lipinski definition) is 4. The fourth-order valence-corrected chi connectivity index (χ4v) is 3.93. The van der Waals surface area contributed by atoms with Crippen LogP contribution in [0.25, 0.3) is 10.9 Å². The van der Waals surface area contributed by atoms with Crippen LogP contribution in [0, 0.1) is 0 Å². The van der Waals surface area contributed by atoms with Gasteiger partial charge in [-0.1, -0.05) is 24.3 Å². The van der Waals surface area contributed by atoms with Crippen molar-refractivity contribution in [1.29, 1.82) is 0 Å². The van der Waals surface area contributed by atoms with Crippen LogP contribution >= 0.6 is 11.8 Å². The number of rotatable bonds is 2. The second-order valence-corrected chi connectivity index (χ2v) is 7.07. The highest BCUT2D eigenvalue weighted by atomic mass is 32.2. The van der Waals surface area contributed by atoms with E-state index in [-0.39, 0.29) is 0 Å². The SMILES string of the molecule is CSc1ccc2ncnc(N3CCCc4ccccc4CC3)c2c1. The number of fused-ring (bicyclic) bond motifs is 2. The molecule has 3 nitrogen and oxygen atoms in total. The van der Waals surface area contributed by atoms with Crippen LogP contribution in [0.3, 0.4) is 0 Å². The van der Waals surface area contributed by atoms with E-state index in [0.29, 0.717) is 0 Å². The molecule has 122 valence electrons. The molecule has 1 aliphatic heterocycles. The molecule has 1 aliphatic rings. The van der Waals surface area contributed by atoms with Crippen LogP contribution in [-0.2, 0) is 12.8 Å². The molecule has 0 saturated carbocycles. The van der Waals surface area contributed by atoms with Gasteiger partial charge in [-0.3, -0.25) is 0 Å². The Labute approximate surface area is 147 Å². The summed E-state index contributed by atoms with van der Waals surface area (Å²) in [5.41, 5.74) is 4.01. The first-order valence-corrected chi connectivity index (χ1v) is 9.68. The average Bonchev–Trinajstić information content (AvgIpc) is 2.62. The van der Waals surface area contributed by atoms with Crippen molar-refractivity contribution < 1.29 is 0 Å². The Morgan fingerprint density at radius 1 is 0.958 bits per heavy atom. The summed E-state index contributed by atoms with van der Waals surface area (Å²) in [6.45, 7) is 2.05. The zero-order chi connectivity index (χ0) is 16.4. The maximum Gasteiger partial charge on any atom is 0.139 e. The number of hydrogen-bond donors (Lipinski definition) is 0. The van der Waals surface area contributed by atoms with Crippen LogP contribution in [0.5, 0.6) is 0 Å². The van der Waals surface area contributed by atoms with Crippen molar-refractivity contribution in [2.75, 3.05) is 24.2 Å². The van der Waals surface area contributed by atoms with E-state index in [1.54, 1.807) is 18.1 Å². The highest BCUT2D eigenvalue weighted by Gasteiger charge is 2.16. The third kappa shape index (κ3) is 2.98. The van der Waals surface area contributed by atoms with Gasteiger partial charge >= 0.3 is 0 Å². The second kappa shape index (κ2) is 6.81. The van der Waals surface area contributed by atoms with Crippen molar-refractivity contribution in [1.82, 2.24) is 9.97 Å². The molecule has 1 aromatic heterocycles. The lowest BCUT2D eigenvalue weighted by molar-refractivity contribution is 0.689. The van der Waals surface area contributed by atoms with Crippen molar-refractivity contribution >= 4 is 28.5 Å². The Hall–Kier alpha value is -2.07. The molecule has 4 rings (SSSR count). The number of nitrogens with zero attached hydrogens (tertiary/aromatic N) is 3. The first kappa shape index (κ1) is 15.5. The summed E-state index contributed by atoms with van der Waals surface area (Å²) in [5.74, 6) is 1.08. The fourth-order valence-electron chi connectivity index (χ4n) is 3.49. The van der Waals surface area contributed by atoms with Gasteiger partial charge in [-0.15, -0.1) is 11.8 Å². The van der Waals surface area contributed by atoms with Gasteiger partial charge in [0.25, 0.3) is 0 Å². The van der Waals surface area contributed by atoms with Gasteiger partial charge in [0.1, 0.15) is 12.1 Å². The third-order valence-corrected chi connectivity index (χ3v) is 5.49. The Bertz CT molecular complexity index is 862. The van der Waals surface area contributed by atoms with Crippen molar-refractivity contribution in [3.63, 3.8) is 0 Å². The third-order valence-electron chi connectivity index (χ3n) is 4.76. The predicted molar refractivity (Wildman–Crippen MR) is 102 cm³/mol. The minimum absolute atomic E-state index is 1.01. The standard InChI is InChI=1S/C20H21N3S/c1-24-17-8-9-19-18(13-17)20(22-14-21-19)23-11-4-7-15-5-2-3-6-16(15)10-12-23/h2-3,5-6,8-9,13-14H,4,7,10-12H2,1H3. The van der Waals surface area contributed by atoms with Gasteiger partial charge in [0.05, 0.1) is 5.52 Å². The fraction of sp³-hybridized carbons (Fsp3) is 0.300. The molecule has 0 amide bonds.